The minimum absolute atomic E-state index is 0.00774. The smallest absolute Gasteiger partial charge is 0.238 e. The molecule has 10 unspecified atom stereocenters. The minimum atomic E-state index is -0.156. The number of hydrogen-bond acceptors (Lipinski definition) is 9. The lowest BCUT2D eigenvalue weighted by Gasteiger charge is -2.45. The molecule has 7 aliphatic rings. The molecule has 0 spiro atoms. The average molecular weight is 925 g/mol. The lowest BCUT2D eigenvalue weighted by Crippen LogP contribution is -2.61. The third kappa shape index (κ3) is 16.9. The van der Waals surface area contributed by atoms with Crippen molar-refractivity contribution in [3.8, 4) is 0 Å². The van der Waals surface area contributed by atoms with E-state index in [9.17, 15) is 4.79 Å². The van der Waals surface area contributed by atoms with Crippen LogP contribution in [0.2, 0.25) is 0 Å². The second-order valence-corrected chi connectivity index (χ2v) is 23.4. The second kappa shape index (κ2) is 29.5. The summed E-state index contributed by atoms with van der Waals surface area (Å²) in [6.07, 6.45) is 47.2. The molecular weight excluding hydrogens is 821 g/mol. The Morgan fingerprint density at radius 2 is 1.03 bits per heavy atom. The number of nitrogens with one attached hydrogen (secondary N) is 5. The van der Waals surface area contributed by atoms with Gasteiger partial charge in [-0.3, -0.25) is 15.1 Å². The van der Waals surface area contributed by atoms with Crippen LogP contribution in [0.3, 0.4) is 0 Å². The van der Waals surface area contributed by atoms with Gasteiger partial charge in [0, 0.05) is 31.2 Å². The summed E-state index contributed by atoms with van der Waals surface area (Å²) >= 11 is 0. The molecule has 0 bridgehead atoms. The maximum absolute atomic E-state index is 14.5. The molecule has 0 aromatic carbocycles. The van der Waals surface area contributed by atoms with Crippen LogP contribution in [0.25, 0.3) is 0 Å². The van der Waals surface area contributed by atoms with Crippen LogP contribution >= 0.6 is 0 Å². The van der Waals surface area contributed by atoms with Crippen molar-refractivity contribution in [1.82, 2.24) is 32.1 Å². The van der Waals surface area contributed by atoms with Crippen molar-refractivity contribution in [2.24, 2.45) is 41.4 Å². The van der Waals surface area contributed by atoms with E-state index in [1.54, 1.807) is 0 Å². The van der Waals surface area contributed by atoms with Gasteiger partial charge in [0.05, 0.1) is 24.2 Å². The van der Waals surface area contributed by atoms with Crippen molar-refractivity contribution >= 4 is 5.91 Å². The summed E-state index contributed by atoms with van der Waals surface area (Å²) in [4.78, 5) is 21.2. The second-order valence-electron chi connectivity index (χ2n) is 23.4. The third-order valence-electron chi connectivity index (χ3n) is 18.8. The van der Waals surface area contributed by atoms with E-state index >= 15 is 0 Å². The Morgan fingerprint density at radius 3 is 1.64 bits per heavy atom. The predicted octanol–water partition coefficient (Wildman–Crippen LogP) is 12.2. The van der Waals surface area contributed by atoms with Crippen LogP contribution in [-0.2, 0) is 19.1 Å². The van der Waals surface area contributed by atoms with E-state index in [4.69, 9.17) is 14.3 Å². The number of carbonyl (C=O) groups is 1. The van der Waals surface area contributed by atoms with E-state index in [1.807, 2.05) is 12.2 Å². The van der Waals surface area contributed by atoms with Gasteiger partial charge in [-0.1, -0.05) is 142 Å². The summed E-state index contributed by atoms with van der Waals surface area (Å²) in [5.74, 6) is 4.72. The Bertz CT molecular complexity index is 1310. The van der Waals surface area contributed by atoms with E-state index < -0.39 is 0 Å². The molecule has 0 aliphatic heterocycles. The molecule has 7 rings (SSSR count). The van der Waals surface area contributed by atoms with Crippen LogP contribution in [-0.4, -0.2) is 74.1 Å². The van der Waals surface area contributed by atoms with Crippen LogP contribution in [0.4, 0.5) is 0 Å². The molecule has 5 N–H and O–H groups in total. The number of hydrogen-bond donors (Lipinski definition) is 5. The van der Waals surface area contributed by atoms with E-state index in [-0.39, 0.29) is 30.0 Å². The van der Waals surface area contributed by atoms with Gasteiger partial charge in [0.25, 0.3) is 0 Å². The molecule has 7 aliphatic carbocycles. The number of carbonyl (C=O) groups excluding carboxylic acids is 1. The Morgan fingerprint density at radius 1 is 0.515 bits per heavy atom. The molecule has 0 saturated heterocycles. The molecular formula is C56H104N6O4. The van der Waals surface area contributed by atoms with Gasteiger partial charge in [0.1, 0.15) is 13.5 Å². The molecule has 10 heteroatoms. The summed E-state index contributed by atoms with van der Waals surface area (Å²) in [5, 5.41) is 10.2. The number of rotatable bonds is 27. The number of amides is 1. The number of hydroxylamine groups is 1. The lowest BCUT2D eigenvalue weighted by molar-refractivity contribution is -0.252. The Kier molecular flexibility index (Phi) is 23.7. The van der Waals surface area contributed by atoms with Gasteiger partial charge in [-0.2, -0.15) is 0 Å². The van der Waals surface area contributed by atoms with Crippen molar-refractivity contribution in [1.29, 1.82) is 0 Å². The summed E-state index contributed by atoms with van der Waals surface area (Å²) in [7, 11) is 2.03. The first kappa shape index (κ1) is 53.0. The van der Waals surface area contributed by atoms with Gasteiger partial charge in [-0.05, 0) is 138 Å². The number of hydrazine groups is 2. The van der Waals surface area contributed by atoms with Crippen molar-refractivity contribution in [3.05, 3.63) is 0 Å². The largest absolute Gasteiger partial charge is 0.361 e. The summed E-state index contributed by atoms with van der Waals surface area (Å²) in [5.41, 5.74) is 10.0. The van der Waals surface area contributed by atoms with Crippen LogP contribution in [0.5, 0.6) is 0 Å². The Labute approximate surface area is 405 Å². The van der Waals surface area contributed by atoms with Crippen molar-refractivity contribution < 1.29 is 19.1 Å². The van der Waals surface area contributed by atoms with E-state index in [0.29, 0.717) is 49.6 Å². The SMILES string of the molecule is CCCCCCCC1CCC(NC2CC(C(=O)NNCOC3CCCC4CCCCC43)C(NC3CCC(CCCCCCC)CC3)CC2OCNN(C)OC2CCCC3CCCCC32)CC1. The highest BCUT2D eigenvalue weighted by atomic mass is 16.7. The van der Waals surface area contributed by atoms with Crippen LogP contribution in [0.15, 0.2) is 0 Å². The number of ether oxygens (including phenoxy) is 2. The predicted molar refractivity (Wildman–Crippen MR) is 270 cm³/mol. The molecule has 66 heavy (non-hydrogen) atoms. The molecule has 7 saturated carbocycles. The fraction of sp³-hybridized carbons (Fsp3) is 0.982. The maximum Gasteiger partial charge on any atom is 0.238 e. The minimum Gasteiger partial charge on any atom is -0.361 e. The van der Waals surface area contributed by atoms with Crippen molar-refractivity contribution in [2.45, 2.75) is 287 Å². The molecule has 7 fully saturated rings. The third-order valence-corrected chi connectivity index (χ3v) is 18.8. The summed E-state index contributed by atoms with van der Waals surface area (Å²) < 4.78 is 13.5. The van der Waals surface area contributed by atoms with Gasteiger partial charge in [-0.15, -0.1) is 5.17 Å². The summed E-state index contributed by atoms with van der Waals surface area (Å²) in [6.45, 7) is 5.40. The van der Waals surface area contributed by atoms with E-state index in [2.05, 4.69) is 40.8 Å². The zero-order valence-corrected chi connectivity index (χ0v) is 43.0. The normalized spacial score (nSPS) is 36.4. The maximum atomic E-state index is 14.5. The quantitative estimate of drug-likeness (QED) is 0.0313. The highest BCUT2D eigenvalue weighted by Gasteiger charge is 2.44. The lowest BCUT2D eigenvalue weighted by atomic mass is 9.69. The van der Waals surface area contributed by atoms with Crippen LogP contribution in [0, 0.1) is 41.4 Å². The first-order valence-electron chi connectivity index (χ1n) is 29.4. The van der Waals surface area contributed by atoms with E-state index in [0.717, 1.165) is 49.4 Å². The molecule has 0 radical (unpaired) electrons. The van der Waals surface area contributed by atoms with Gasteiger partial charge in [0.15, 0.2) is 0 Å². The topological polar surface area (TPSA) is 108 Å². The van der Waals surface area contributed by atoms with Gasteiger partial charge < -0.3 is 20.1 Å². The fourth-order valence-electron chi connectivity index (χ4n) is 14.9. The molecule has 0 aromatic rings. The van der Waals surface area contributed by atoms with Crippen LogP contribution < -0.4 is 26.9 Å². The molecule has 0 aromatic heterocycles. The molecule has 10 atom stereocenters. The zero-order chi connectivity index (χ0) is 45.8. The molecule has 0 heterocycles. The Hall–Kier alpha value is -0.850. The van der Waals surface area contributed by atoms with Crippen LogP contribution in [0.1, 0.15) is 245 Å². The molecule has 1 amide bonds. The Balaban J connectivity index is 0.971. The number of fused-ring (bicyclic) bond motifs is 2. The van der Waals surface area contributed by atoms with Gasteiger partial charge >= 0.3 is 0 Å². The summed E-state index contributed by atoms with van der Waals surface area (Å²) in [6, 6.07) is 1.08. The highest BCUT2D eigenvalue weighted by molar-refractivity contribution is 5.79. The highest BCUT2D eigenvalue weighted by Crippen LogP contribution is 2.43. The van der Waals surface area contributed by atoms with Gasteiger partial charge in [0.2, 0.25) is 5.91 Å². The average Bonchev–Trinajstić information content (AvgIpc) is 3.34. The standard InChI is InChI=1S/C56H104N6O4/c1-4-6-8-10-12-20-42-30-34-46(35-31-42)59-51-39-55(65-41-58-62(3)66-54-29-19-25-45-23-15-17-27-49(45)54)52(60-47-36-32-43(33-37-47)21-13-11-9-7-5-2)38-50(51)56(63)61-57-40-64-53-28-18-24-44-22-14-16-26-48(44)53/h42-55,57-60H,4-41H2,1-3H3,(H,61,63). The molecule has 382 valence electrons. The fourth-order valence-corrected chi connectivity index (χ4v) is 14.9. The van der Waals surface area contributed by atoms with Crippen molar-refractivity contribution in [2.75, 3.05) is 20.5 Å². The number of nitrogens with zero attached hydrogens (tertiary/aromatic N) is 1. The number of unbranched alkanes of at least 4 members (excludes halogenated alkanes) is 8. The first-order chi connectivity index (χ1) is 32.5. The zero-order valence-electron chi connectivity index (χ0n) is 43.0. The van der Waals surface area contributed by atoms with E-state index in [1.165, 1.54) is 205 Å². The first-order valence-corrected chi connectivity index (χ1v) is 29.4. The van der Waals surface area contributed by atoms with Crippen molar-refractivity contribution in [3.63, 3.8) is 0 Å². The van der Waals surface area contributed by atoms with Gasteiger partial charge in [-0.25, -0.2) is 10.9 Å². The molecule has 10 nitrogen and oxygen atoms in total. The monoisotopic (exact) mass is 925 g/mol.